The summed E-state index contributed by atoms with van der Waals surface area (Å²) in [6, 6.07) is 9.93. The minimum Gasteiger partial charge on any atom is -0.459 e. The first kappa shape index (κ1) is 20.1. The molecule has 2 amide bonds. The lowest BCUT2D eigenvalue weighted by Gasteiger charge is -2.26. The number of thiazole rings is 1. The summed E-state index contributed by atoms with van der Waals surface area (Å²) in [5.74, 6) is -0.581. The Labute approximate surface area is 177 Å². The van der Waals surface area contributed by atoms with Crippen molar-refractivity contribution in [2.45, 2.75) is 13.0 Å². The van der Waals surface area contributed by atoms with Crippen molar-refractivity contribution in [2.24, 2.45) is 0 Å². The summed E-state index contributed by atoms with van der Waals surface area (Å²) in [4.78, 5) is 31.3. The highest BCUT2D eigenvalue weighted by Gasteiger charge is 2.19. The maximum atomic E-state index is 12.4. The third-order valence-corrected chi connectivity index (χ3v) is 5.61. The number of hydrogen-bond acceptors (Lipinski definition) is 7. The van der Waals surface area contributed by atoms with Crippen LogP contribution in [0.15, 0.2) is 52.5 Å². The zero-order chi connectivity index (χ0) is 20.9. The molecule has 1 saturated heterocycles. The highest BCUT2D eigenvalue weighted by molar-refractivity contribution is 7.14. The second kappa shape index (κ2) is 9.10. The van der Waals surface area contributed by atoms with Gasteiger partial charge in [0.25, 0.3) is 5.91 Å². The summed E-state index contributed by atoms with van der Waals surface area (Å²) >= 11 is 1.62. The monoisotopic (exact) mass is 426 g/mol. The van der Waals surface area contributed by atoms with Crippen molar-refractivity contribution in [3.63, 3.8) is 0 Å². The summed E-state index contributed by atoms with van der Waals surface area (Å²) in [6.07, 6.45) is 1.41. The van der Waals surface area contributed by atoms with Crippen LogP contribution in [0, 0.1) is 0 Å². The van der Waals surface area contributed by atoms with Gasteiger partial charge in [-0.15, -0.1) is 11.3 Å². The molecule has 9 heteroatoms. The molecular weight excluding hydrogens is 404 g/mol. The van der Waals surface area contributed by atoms with E-state index in [1.807, 2.05) is 29.6 Å². The molecule has 3 aromatic rings. The number of carbonyl (C=O) groups is 2. The molecule has 1 aliphatic heterocycles. The number of furan rings is 1. The summed E-state index contributed by atoms with van der Waals surface area (Å²) in [7, 11) is 0. The van der Waals surface area contributed by atoms with Gasteiger partial charge in [0.1, 0.15) is 6.04 Å². The first-order chi connectivity index (χ1) is 14.6. The van der Waals surface area contributed by atoms with Crippen molar-refractivity contribution in [3.8, 4) is 11.3 Å². The minimum absolute atomic E-state index is 0.165. The van der Waals surface area contributed by atoms with E-state index in [4.69, 9.17) is 14.1 Å². The topological polar surface area (TPSA) is 96.7 Å². The van der Waals surface area contributed by atoms with Crippen molar-refractivity contribution >= 4 is 34.0 Å². The molecule has 1 atom stereocenters. The molecule has 0 saturated carbocycles. The molecule has 0 spiro atoms. The Hall–Kier alpha value is -3.17. The summed E-state index contributed by atoms with van der Waals surface area (Å²) in [6.45, 7) is 4.78. The number of carbonyl (C=O) groups excluding carboxylic acids is 2. The van der Waals surface area contributed by atoms with E-state index in [1.54, 1.807) is 30.4 Å². The van der Waals surface area contributed by atoms with Gasteiger partial charge in [0.15, 0.2) is 10.9 Å². The molecule has 2 aromatic heterocycles. The van der Waals surface area contributed by atoms with Gasteiger partial charge in [0.05, 0.1) is 25.2 Å². The Kier molecular flexibility index (Phi) is 6.10. The molecule has 3 heterocycles. The van der Waals surface area contributed by atoms with Crippen LogP contribution in [0.5, 0.6) is 0 Å². The van der Waals surface area contributed by atoms with Gasteiger partial charge >= 0.3 is 0 Å². The van der Waals surface area contributed by atoms with Crippen LogP contribution < -0.4 is 15.5 Å². The van der Waals surface area contributed by atoms with Gasteiger partial charge in [-0.05, 0) is 31.2 Å². The minimum atomic E-state index is -0.711. The molecule has 1 aliphatic rings. The number of nitrogens with zero attached hydrogens (tertiary/aromatic N) is 2. The van der Waals surface area contributed by atoms with Gasteiger partial charge in [-0.2, -0.15) is 0 Å². The molecule has 1 aromatic carbocycles. The van der Waals surface area contributed by atoms with Crippen LogP contribution in [0.4, 0.5) is 10.8 Å². The zero-order valence-corrected chi connectivity index (χ0v) is 17.3. The number of rotatable bonds is 6. The number of nitrogens with one attached hydrogen (secondary N) is 2. The van der Waals surface area contributed by atoms with Crippen LogP contribution in [-0.4, -0.2) is 49.1 Å². The maximum absolute atomic E-state index is 12.4. The Balaban J connectivity index is 1.34. The average Bonchev–Trinajstić information content (AvgIpc) is 3.47. The van der Waals surface area contributed by atoms with Crippen LogP contribution in [0.2, 0.25) is 0 Å². The first-order valence-corrected chi connectivity index (χ1v) is 10.5. The van der Waals surface area contributed by atoms with E-state index in [9.17, 15) is 9.59 Å². The number of amides is 2. The summed E-state index contributed by atoms with van der Waals surface area (Å²) in [5.41, 5.74) is 2.52. The molecule has 0 radical (unpaired) electrons. The normalized spacial score (nSPS) is 14.9. The van der Waals surface area contributed by atoms with Crippen LogP contribution in [0.25, 0.3) is 11.3 Å². The Morgan fingerprint density at radius 3 is 2.63 bits per heavy atom. The Morgan fingerprint density at radius 1 is 1.17 bits per heavy atom. The molecule has 0 aliphatic carbocycles. The van der Waals surface area contributed by atoms with E-state index in [1.165, 1.54) is 6.26 Å². The van der Waals surface area contributed by atoms with Crippen LogP contribution in [-0.2, 0) is 9.53 Å². The number of ether oxygens (including phenoxy) is 1. The molecule has 0 unspecified atom stereocenters. The molecule has 1 fully saturated rings. The van der Waals surface area contributed by atoms with Gasteiger partial charge in [-0.1, -0.05) is 12.1 Å². The number of anilines is 2. The zero-order valence-electron chi connectivity index (χ0n) is 16.5. The van der Waals surface area contributed by atoms with Crippen molar-refractivity contribution in [1.29, 1.82) is 0 Å². The largest absolute Gasteiger partial charge is 0.459 e. The van der Waals surface area contributed by atoms with E-state index >= 15 is 0 Å². The van der Waals surface area contributed by atoms with E-state index < -0.39 is 11.9 Å². The van der Waals surface area contributed by atoms with Crippen molar-refractivity contribution < 1.29 is 18.7 Å². The fraction of sp³-hybridized carbons (Fsp3) is 0.286. The molecule has 8 nitrogen and oxygen atoms in total. The predicted molar refractivity (Wildman–Crippen MR) is 115 cm³/mol. The third-order valence-electron chi connectivity index (χ3n) is 4.71. The molecule has 0 bridgehead atoms. The highest BCUT2D eigenvalue weighted by Crippen LogP contribution is 2.28. The summed E-state index contributed by atoms with van der Waals surface area (Å²) < 4.78 is 10.4. The van der Waals surface area contributed by atoms with Gasteiger partial charge < -0.3 is 24.7 Å². The molecule has 156 valence electrons. The van der Waals surface area contributed by atoms with E-state index in [0.717, 1.165) is 42.7 Å². The van der Waals surface area contributed by atoms with Gasteiger partial charge in [-0.3, -0.25) is 9.59 Å². The summed E-state index contributed by atoms with van der Waals surface area (Å²) in [5, 5.41) is 8.44. The van der Waals surface area contributed by atoms with Crippen molar-refractivity contribution in [3.05, 3.63) is 53.8 Å². The maximum Gasteiger partial charge on any atom is 0.287 e. The quantitative estimate of drug-likeness (QED) is 0.629. The van der Waals surface area contributed by atoms with E-state index in [0.29, 0.717) is 5.69 Å². The van der Waals surface area contributed by atoms with Crippen LogP contribution in [0.3, 0.4) is 0 Å². The molecule has 4 rings (SSSR count). The Bertz CT molecular complexity index is 994. The van der Waals surface area contributed by atoms with Crippen LogP contribution >= 0.6 is 11.3 Å². The van der Waals surface area contributed by atoms with Gasteiger partial charge in [0.2, 0.25) is 5.91 Å². The SMILES string of the molecule is C[C@@H](NC(=O)c1ccco1)C(=O)Nc1ccc(-c2csc(N3CCOCC3)n2)cc1. The lowest BCUT2D eigenvalue weighted by atomic mass is 10.1. The van der Waals surface area contributed by atoms with Crippen LogP contribution in [0.1, 0.15) is 17.5 Å². The lowest BCUT2D eigenvalue weighted by molar-refractivity contribution is -0.117. The lowest BCUT2D eigenvalue weighted by Crippen LogP contribution is -2.41. The van der Waals surface area contributed by atoms with Gasteiger partial charge in [0, 0.05) is 29.7 Å². The van der Waals surface area contributed by atoms with E-state index in [2.05, 4.69) is 15.5 Å². The molecule has 30 heavy (non-hydrogen) atoms. The Morgan fingerprint density at radius 2 is 1.93 bits per heavy atom. The smallest absolute Gasteiger partial charge is 0.287 e. The standard InChI is InChI=1S/C21H22N4O4S/c1-14(22-20(27)18-3-2-10-29-18)19(26)23-16-6-4-15(5-7-16)17-13-30-21(24-17)25-8-11-28-12-9-25/h2-7,10,13-14H,8-9,11-12H2,1H3,(H,22,27)(H,23,26)/t14-/m1/s1. The number of aromatic nitrogens is 1. The number of benzene rings is 1. The predicted octanol–water partition coefficient (Wildman–Crippen LogP) is 3.00. The highest BCUT2D eigenvalue weighted by atomic mass is 32.1. The second-order valence-corrected chi connectivity index (χ2v) is 7.69. The molecular formula is C21H22N4O4S. The third kappa shape index (κ3) is 4.69. The fourth-order valence-corrected chi connectivity index (χ4v) is 3.90. The first-order valence-electron chi connectivity index (χ1n) is 9.64. The second-order valence-electron chi connectivity index (χ2n) is 6.85. The number of morpholine rings is 1. The van der Waals surface area contributed by atoms with Crippen molar-refractivity contribution in [2.75, 3.05) is 36.5 Å². The average molecular weight is 426 g/mol. The van der Waals surface area contributed by atoms with Crippen molar-refractivity contribution in [1.82, 2.24) is 10.3 Å². The fourth-order valence-electron chi connectivity index (χ4n) is 3.01. The number of hydrogen-bond donors (Lipinski definition) is 2. The van der Waals surface area contributed by atoms with E-state index in [-0.39, 0.29) is 11.7 Å². The van der Waals surface area contributed by atoms with Gasteiger partial charge in [-0.25, -0.2) is 4.98 Å². The molecule has 2 N–H and O–H groups in total.